The predicted octanol–water partition coefficient (Wildman–Crippen LogP) is 0.611. The maximum absolute atomic E-state index is 12.9. The van der Waals surface area contributed by atoms with Gasteiger partial charge < -0.3 is 9.80 Å². The van der Waals surface area contributed by atoms with Crippen molar-refractivity contribution in [3.8, 4) is 6.07 Å². The number of nitriles is 1. The molecule has 0 saturated carbocycles. The van der Waals surface area contributed by atoms with Crippen molar-refractivity contribution in [2.24, 2.45) is 5.92 Å². The van der Waals surface area contributed by atoms with Crippen LogP contribution in [0.5, 0.6) is 0 Å². The van der Waals surface area contributed by atoms with Gasteiger partial charge in [0.2, 0.25) is 11.8 Å². The number of likely N-dealkylation sites (N-methyl/N-ethyl adjacent to an activating group) is 1. The standard InChI is InChI=1S/C17H24N4O2/c1-19-12-13-21(11-8-18)16(23)17(19)6-9-20(10-7-17)15(22)14-4-2-3-5-14/h2-3,14H,4-7,9-13H2,1H3. The van der Waals surface area contributed by atoms with E-state index in [1.54, 1.807) is 4.90 Å². The van der Waals surface area contributed by atoms with Crippen molar-refractivity contribution in [2.45, 2.75) is 31.2 Å². The first-order chi connectivity index (χ1) is 11.1. The molecule has 0 aromatic rings. The van der Waals surface area contributed by atoms with Crippen LogP contribution in [0.1, 0.15) is 25.7 Å². The number of amides is 2. The number of carbonyl (C=O) groups excluding carboxylic acids is 2. The topological polar surface area (TPSA) is 67.7 Å². The summed E-state index contributed by atoms with van der Waals surface area (Å²) in [7, 11) is 1.99. The minimum Gasteiger partial charge on any atom is -0.342 e. The van der Waals surface area contributed by atoms with Crippen molar-refractivity contribution in [3.05, 3.63) is 12.2 Å². The summed E-state index contributed by atoms with van der Waals surface area (Å²) in [6.45, 7) is 2.82. The molecule has 0 bridgehead atoms. The van der Waals surface area contributed by atoms with E-state index in [2.05, 4.69) is 23.1 Å². The number of nitrogens with zero attached hydrogens (tertiary/aromatic N) is 4. The predicted molar refractivity (Wildman–Crippen MR) is 85.2 cm³/mol. The second-order valence-electron chi connectivity index (χ2n) is 6.80. The average molecular weight is 316 g/mol. The molecule has 1 spiro atoms. The lowest BCUT2D eigenvalue weighted by Gasteiger charge is -2.51. The SMILES string of the molecule is CN1CCN(CC#N)C(=O)C12CCN(C(=O)C1CC=CC1)CC2. The lowest BCUT2D eigenvalue weighted by molar-refractivity contribution is -0.156. The van der Waals surface area contributed by atoms with Gasteiger partial charge in [0.15, 0.2) is 0 Å². The zero-order valence-corrected chi connectivity index (χ0v) is 13.7. The second kappa shape index (κ2) is 6.32. The monoisotopic (exact) mass is 316 g/mol. The zero-order valence-electron chi connectivity index (χ0n) is 13.7. The summed E-state index contributed by atoms with van der Waals surface area (Å²) in [5.74, 6) is 0.381. The highest BCUT2D eigenvalue weighted by Crippen LogP contribution is 2.34. The molecule has 0 N–H and O–H groups in total. The molecule has 2 aliphatic heterocycles. The molecule has 2 amide bonds. The van der Waals surface area contributed by atoms with Crippen LogP contribution in [0.4, 0.5) is 0 Å². The largest absolute Gasteiger partial charge is 0.342 e. The molecule has 0 aromatic carbocycles. The summed E-state index contributed by atoms with van der Waals surface area (Å²) in [6, 6.07) is 2.08. The third-order valence-corrected chi connectivity index (χ3v) is 5.64. The molecule has 0 aromatic heterocycles. The van der Waals surface area contributed by atoms with Gasteiger partial charge in [-0.3, -0.25) is 14.5 Å². The molecule has 124 valence electrons. The molecular formula is C17H24N4O2. The van der Waals surface area contributed by atoms with Crippen molar-refractivity contribution in [2.75, 3.05) is 39.8 Å². The molecule has 0 radical (unpaired) electrons. The van der Waals surface area contributed by atoms with Gasteiger partial charge in [-0.25, -0.2) is 0 Å². The Labute approximate surface area is 137 Å². The fraction of sp³-hybridized carbons (Fsp3) is 0.706. The fourth-order valence-electron chi connectivity index (χ4n) is 4.05. The van der Waals surface area contributed by atoms with E-state index >= 15 is 0 Å². The molecule has 3 aliphatic rings. The lowest BCUT2D eigenvalue weighted by Crippen LogP contribution is -2.68. The number of piperazine rings is 1. The highest BCUT2D eigenvalue weighted by molar-refractivity contribution is 5.88. The average Bonchev–Trinajstić information content (AvgIpc) is 3.10. The molecule has 6 heteroatoms. The molecule has 6 nitrogen and oxygen atoms in total. The Hall–Kier alpha value is -1.87. The van der Waals surface area contributed by atoms with Crippen LogP contribution in [0.3, 0.4) is 0 Å². The van der Waals surface area contributed by atoms with Gasteiger partial charge in [-0.05, 0) is 32.7 Å². The van der Waals surface area contributed by atoms with Crippen molar-refractivity contribution >= 4 is 11.8 Å². The van der Waals surface area contributed by atoms with Crippen molar-refractivity contribution in [1.82, 2.24) is 14.7 Å². The smallest absolute Gasteiger partial charge is 0.244 e. The van der Waals surface area contributed by atoms with Crippen LogP contribution in [0.15, 0.2) is 12.2 Å². The molecule has 3 rings (SSSR count). The first-order valence-electron chi connectivity index (χ1n) is 8.40. The second-order valence-corrected chi connectivity index (χ2v) is 6.80. The molecule has 0 atom stereocenters. The number of allylic oxidation sites excluding steroid dienone is 2. The van der Waals surface area contributed by atoms with Crippen LogP contribution >= 0.6 is 0 Å². The first-order valence-corrected chi connectivity index (χ1v) is 8.40. The fourth-order valence-corrected chi connectivity index (χ4v) is 4.05. The van der Waals surface area contributed by atoms with Gasteiger partial charge >= 0.3 is 0 Å². The molecule has 2 fully saturated rings. The van der Waals surface area contributed by atoms with Crippen molar-refractivity contribution in [3.63, 3.8) is 0 Å². The van der Waals surface area contributed by atoms with E-state index in [0.29, 0.717) is 32.5 Å². The van der Waals surface area contributed by atoms with Gasteiger partial charge in [-0.15, -0.1) is 0 Å². The van der Waals surface area contributed by atoms with E-state index in [0.717, 1.165) is 19.4 Å². The van der Waals surface area contributed by atoms with Crippen LogP contribution in [0.2, 0.25) is 0 Å². The summed E-state index contributed by atoms with van der Waals surface area (Å²) in [5, 5.41) is 8.91. The van der Waals surface area contributed by atoms with E-state index in [1.807, 2.05) is 11.9 Å². The van der Waals surface area contributed by atoms with E-state index in [9.17, 15) is 9.59 Å². The first kappa shape index (κ1) is 16.0. The van der Waals surface area contributed by atoms with E-state index in [4.69, 9.17) is 5.26 Å². The molecule has 0 unspecified atom stereocenters. The number of hydrogen-bond acceptors (Lipinski definition) is 4. The van der Waals surface area contributed by atoms with Gasteiger partial charge in [0.25, 0.3) is 0 Å². The van der Waals surface area contributed by atoms with E-state index in [-0.39, 0.29) is 24.3 Å². The highest BCUT2D eigenvalue weighted by atomic mass is 16.2. The van der Waals surface area contributed by atoms with Gasteiger partial charge in [-0.1, -0.05) is 12.2 Å². The van der Waals surface area contributed by atoms with E-state index < -0.39 is 5.54 Å². The minimum absolute atomic E-state index is 0.0578. The number of carbonyl (C=O) groups is 2. The Kier molecular flexibility index (Phi) is 4.40. The van der Waals surface area contributed by atoms with Crippen molar-refractivity contribution < 1.29 is 9.59 Å². The van der Waals surface area contributed by atoms with Crippen LogP contribution in [0.25, 0.3) is 0 Å². The summed E-state index contributed by atoms with van der Waals surface area (Å²) in [5.41, 5.74) is -0.528. The summed E-state index contributed by atoms with van der Waals surface area (Å²) < 4.78 is 0. The van der Waals surface area contributed by atoms with Crippen LogP contribution in [-0.2, 0) is 9.59 Å². The molecule has 1 aliphatic carbocycles. The maximum Gasteiger partial charge on any atom is 0.244 e. The molecule has 2 saturated heterocycles. The third kappa shape index (κ3) is 2.74. The maximum atomic E-state index is 12.9. The van der Waals surface area contributed by atoms with Crippen molar-refractivity contribution in [1.29, 1.82) is 5.26 Å². The Morgan fingerprint density at radius 2 is 1.91 bits per heavy atom. The zero-order chi connectivity index (χ0) is 16.4. The van der Waals surface area contributed by atoms with Crippen LogP contribution in [-0.4, -0.2) is 71.8 Å². The Morgan fingerprint density at radius 3 is 2.52 bits per heavy atom. The summed E-state index contributed by atoms with van der Waals surface area (Å²) in [6.07, 6.45) is 7.16. The number of hydrogen-bond donors (Lipinski definition) is 0. The Morgan fingerprint density at radius 1 is 1.26 bits per heavy atom. The summed E-state index contributed by atoms with van der Waals surface area (Å²) >= 11 is 0. The minimum atomic E-state index is -0.528. The Bertz CT molecular complexity index is 549. The molecular weight excluding hydrogens is 292 g/mol. The van der Waals surface area contributed by atoms with Crippen LogP contribution in [0, 0.1) is 17.2 Å². The number of piperidine rings is 1. The summed E-state index contributed by atoms with van der Waals surface area (Å²) in [4.78, 5) is 31.1. The number of rotatable bonds is 2. The van der Waals surface area contributed by atoms with Crippen LogP contribution < -0.4 is 0 Å². The van der Waals surface area contributed by atoms with Gasteiger partial charge in [0, 0.05) is 32.1 Å². The van der Waals surface area contributed by atoms with Gasteiger partial charge in [0.1, 0.15) is 12.1 Å². The number of likely N-dealkylation sites (tertiary alicyclic amines) is 1. The van der Waals surface area contributed by atoms with E-state index in [1.165, 1.54) is 0 Å². The third-order valence-electron chi connectivity index (χ3n) is 5.64. The normalized spacial score (nSPS) is 25.1. The van der Waals surface area contributed by atoms with Gasteiger partial charge in [-0.2, -0.15) is 5.26 Å². The molecule has 2 heterocycles. The Balaban J connectivity index is 1.67. The quantitative estimate of drug-likeness (QED) is 0.553. The highest BCUT2D eigenvalue weighted by Gasteiger charge is 2.49. The van der Waals surface area contributed by atoms with Gasteiger partial charge in [0.05, 0.1) is 6.07 Å². The lowest BCUT2D eigenvalue weighted by atomic mass is 9.82. The molecule has 23 heavy (non-hydrogen) atoms.